The molecule has 0 saturated heterocycles. The normalized spacial score (nSPS) is 11.6. The van der Waals surface area contributed by atoms with Gasteiger partial charge in [-0.15, -0.1) is 12.4 Å². The minimum Gasteiger partial charge on any atom is -0.496 e. The molecule has 1 rings (SSSR count). The second-order valence-corrected chi connectivity index (χ2v) is 4.62. The van der Waals surface area contributed by atoms with Crippen molar-refractivity contribution in [3.63, 3.8) is 0 Å². The molecule has 1 aromatic carbocycles. The standard InChI is InChI=1S/C12H19BrN2O2.ClH/c1-16-11-7-9(13)12(17-2)6-8(11)10(15)4-3-5-14;/h6-7,10H,3-5,14-15H2,1-2H3;1H/t10-;/m1./s1. The third kappa shape index (κ3) is 4.31. The lowest BCUT2D eigenvalue weighted by atomic mass is 10.0. The van der Waals surface area contributed by atoms with E-state index in [2.05, 4.69) is 15.9 Å². The van der Waals surface area contributed by atoms with Gasteiger partial charge >= 0.3 is 0 Å². The Morgan fingerprint density at radius 3 is 2.33 bits per heavy atom. The number of hydrogen-bond acceptors (Lipinski definition) is 4. The van der Waals surface area contributed by atoms with Crippen LogP contribution < -0.4 is 20.9 Å². The fraction of sp³-hybridized carbons (Fsp3) is 0.500. The van der Waals surface area contributed by atoms with E-state index in [1.54, 1.807) is 14.2 Å². The molecule has 104 valence electrons. The molecule has 0 unspecified atom stereocenters. The van der Waals surface area contributed by atoms with Crippen LogP contribution in [0, 0.1) is 0 Å². The first-order chi connectivity index (χ1) is 8.13. The highest BCUT2D eigenvalue weighted by atomic mass is 79.9. The molecule has 4 nitrogen and oxygen atoms in total. The topological polar surface area (TPSA) is 70.5 Å². The first-order valence-electron chi connectivity index (χ1n) is 5.51. The smallest absolute Gasteiger partial charge is 0.133 e. The SMILES string of the molecule is COc1cc([C@H](N)CCCN)c(OC)cc1Br.Cl. The van der Waals surface area contributed by atoms with Crippen LogP contribution in [0.3, 0.4) is 0 Å². The van der Waals surface area contributed by atoms with Gasteiger partial charge in [0.05, 0.1) is 18.7 Å². The van der Waals surface area contributed by atoms with Gasteiger partial charge in [0.25, 0.3) is 0 Å². The monoisotopic (exact) mass is 338 g/mol. The molecule has 18 heavy (non-hydrogen) atoms. The molecule has 4 N–H and O–H groups in total. The van der Waals surface area contributed by atoms with Crippen LogP contribution in [0.4, 0.5) is 0 Å². The van der Waals surface area contributed by atoms with E-state index in [0.29, 0.717) is 6.54 Å². The van der Waals surface area contributed by atoms with Crippen molar-refractivity contribution in [3.8, 4) is 11.5 Å². The molecular formula is C12H20BrClN2O2. The van der Waals surface area contributed by atoms with Crippen LogP contribution >= 0.6 is 28.3 Å². The maximum absolute atomic E-state index is 6.12. The van der Waals surface area contributed by atoms with E-state index in [1.807, 2.05) is 12.1 Å². The van der Waals surface area contributed by atoms with Crippen molar-refractivity contribution >= 4 is 28.3 Å². The summed E-state index contributed by atoms with van der Waals surface area (Å²) >= 11 is 3.42. The van der Waals surface area contributed by atoms with E-state index in [0.717, 1.165) is 34.4 Å². The Balaban J connectivity index is 0.00000289. The number of rotatable bonds is 6. The van der Waals surface area contributed by atoms with E-state index in [-0.39, 0.29) is 18.4 Å². The number of halogens is 2. The summed E-state index contributed by atoms with van der Waals surface area (Å²) in [6.45, 7) is 0.643. The Bertz CT molecular complexity index is 377. The lowest BCUT2D eigenvalue weighted by Gasteiger charge is -2.17. The van der Waals surface area contributed by atoms with Crippen molar-refractivity contribution in [1.82, 2.24) is 0 Å². The molecule has 0 radical (unpaired) electrons. The largest absolute Gasteiger partial charge is 0.496 e. The number of methoxy groups -OCH3 is 2. The quantitative estimate of drug-likeness (QED) is 0.836. The fourth-order valence-electron chi connectivity index (χ4n) is 1.67. The number of nitrogens with two attached hydrogens (primary N) is 2. The average Bonchev–Trinajstić information content (AvgIpc) is 2.35. The molecule has 0 saturated carbocycles. The highest BCUT2D eigenvalue weighted by Crippen LogP contribution is 2.36. The molecule has 1 aromatic rings. The maximum atomic E-state index is 6.12. The van der Waals surface area contributed by atoms with Crippen LogP contribution in [0.1, 0.15) is 24.4 Å². The van der Waals surface area contributed by atoms with Crippen LogP contribution in [0.5, 0.6) is 11.5 Å². The van der Waals surface area contributed by atoms with Crippen molar-refractivity contribution in [2.75, 3.05) is 20.8 Å². The third-order valence-electron chi connectivity index (χ3n) is 2.62. The van der Waals surface area contributed by atoms with Crippen LogP contribution in [0.15, 0.2) is 16.6 Å². The van der Waals surface area contributed by atoms with Crippen LogP contribution in [-0.4, -0.2) is 20.8 Å². The minimum atomic E-state index is -0.0875. The number of ether oxygens (including phenoxy) is 2. The highest BCUT2D eigenvalue weighted by Gasteiger charge is 2.15. The van der Waals surface area contributed by atoms with Gasteiger partial charge in [-0.2, -0.15) is 0 Å². The Labute approximate surface area is 123 Å². The summed E-state index contributed by atoms with van der Waals surface area (Å²) in [7, 11) is 3.26. The van der Waals surface area contributed by atoms with Gasteiger partial charge < -0.3 is 20.9 Å². The highest BCUT2D eigenvalue weighted by molar-refractivity contribution is 9.10. The summed E-state index contributed by atoms with van der Waals surface area (Å²) in [5.41, 5.74) is 12.6. The van der Waals surface area contributed by atoms with Gasteiger partial charge in [-0.05, 0) is 47.4 Å². The second-order valence-electron chi connectivity index (χ2n) is 3.77. The maximum Gasteiger partial charge on any atom is 0.133 e. The molecule has 0 heterocycles. The molecule has 0 amide bonds. The van der Waals surface area contributed by atoms with Crippen LogP contribution in [-0.2, 0) is 0 Å². The molecule has 0 spiro atoms. The predicted molar refractivity (Wildman–Crippen MR) is 79.7 cm³/mol. The summed E-state index contributed by atoms with van der Waals surface area (Å²) in [6.07, 6.45) is 1.72. The predicted octanol–water partition coefficient (Wildman–Crippen LogP) is 2.63. The molecule has 0 aromatic heterocycles. The fourth-order valence-corrected chi connectivity index (χ4v) is 2.15. The van der Waals surface area contributed by atoms with Gasteiger partial charge in [0.1, 0.15) is 11.5 Å². The molecule has 0 aliphatic rings. The van der Waals surface area contributed by atoms with Crippen molar-refractivity contribution in [3.05, 3.63) is 22.2 Å². The van der Waals surface area contributed by atoms with E-state index in [1.165, 1.54) is 0 Å². The Morgan fingerprint density at radius 1 is 1.22 bits per heavy atom. The van der Waals surface area contributed by atoms with Crippen LogP contribution in [0.25, 0.3) is 0 Å². The zero-order valence-corrected chi connectivity index (χ0v) is 13.0. The number of hydrogen-bond donors (Lipinski definition) is 2. The van der Waals surface area contributed by atoms with Crippen molar-refractivity contribution in [2.24, 2.45) is 11.5 Å². The first kappa shape index (κ1) is 17.5. The second kappa shape index (κ2) is 8.58. The van der Waals surface area contributed by atoms with Crippen LogP contribution in [0.2, 0.25) is 0 Å². The van der Waals surface area contributed by atoms with Gasteiger partial charge in [-0.1, -0.05) is 0 Å². The Morgan fingerprint density at radius 2 is 1.83 bits per heavy atom. The van der Waals surface area contributed by atoms with Crippen molar-refractivity contribution < 1.29 is 9.47 Å². The Kier molecular flexibility index (Phi) is 8.35. The third-order valence-corrected chi connectivity index (χ3v) is 3.24. The summed E-state index contributed by atoms with van der Waals surface area (Å²) in [5.74, 6) is 1.52. The lowest BCUT2D eigenvalue weighted by Crippen LogP contribution is -2.14. The van der Waals surface area contributed by atoms with Gasteiger partial charge in [0.2, 0.25) is 0 Å². The summed E-state index contributed by atoms with van der Waals surface area (Å²) in [5, 5.41) is 0. The summed E-state index contributed by atoms with van der Waals surface area (Å²) in [6, 6.07) is 3.69. The summed E-state index contributed by atoms with van der Waals surface area (Å²) in [4.78, 5) is 0. The van der Waals surface area contributed by atoms with Gasteiger partial charge in [-0.3, -0.25) is 0 Å². The van der Waals surface area contributed by atoms with Gasteiger partial charge in [0.15, 0.2) is 0 Å². The van der Waals surface area contributed by atoms with E-state index >= 15 is 0 Å². The molecule has 6 heteroatoms. The molecule has 0 aliphatic heterocycles. The van der Waals surface area contributed by atoms with Gasteiger partial charge in [0, 0.05) is 11.6 Å². The van der Waals surface area contributed by atoms with Gasteiger partial charge in [-0.25, -0.2) is 0 Å². The first-order valence-corrected chi connectivity index (χ1v) is 6.30. The lowest BCUT2D eigenvalue weighted by molar-refractivity contribution is 0.391. The average molecular weight is 340 g/mol. The summed E-state index contributed by atoms with van der Waals surface area (Å²) < 4.78 is 11.4. The van der Waals surface area contributed by atoms with E-state index in [9.17, 15) is 0 Å². The van der Waals surface area contributed by atoms with E-state index in [4.69, 9.17) is 20.9 Å². The number of benzene rings is 1. The molecular weight excluding hydrogens is 320 g/mol. The molecule has 0 aliphatic carbocycles. The zero-order chi connectivity index (χ0) is 12.8. The van der Waals surface area contributed by atoms with E-state index < -0.39 is 0 Å². The molecule has 1 atom stereocenters. The molecule has 0 bridgehead atoms. The zero-order valence-electron chi connectivity index (χ0n) is 10.6. The molecule has 0 fully saturated rings. The van der Waals surface area contributed by atoms with Crippen molar-refractivity contribution in [2.45, 2.75) is 18.9 Å². The van der Waals surface area contributed by atoms with Crippen molar-refractivity contribution in [1.29, 1.82) is 0 Å². The minimum absolute atomic E-state index is 0. The Hall–Kier alpha value is -0.490.